The summed E-state index contributed by atoms with van der Waals surface area (Å²) in [5, 5.41) is 4.56. The van der Waals surface area contributed by atoms with E-state index in [2.05, 4.69) is 10.3 Å². The van der Waals surface area contributed by atoms with Crippen LogP contribution in [0.3, 0.4) is 0 Å². The first-order valence-corrected chi connectivity index (χ1v) is 7.98. The van der Waals surface area contributed by atoms with Gasteiger partial charge in [-0.25, -0.2) is 18.2 Å². The summed E-state index contributed by atoms with van der Waals surface area (Å²) in [6, 6.07) is 8.31. The number of halogens is 3. The second-order valence-corrected chi connectivity index (χ2v) is 5.89. The third-order valence-electron chi connectivity index (χ3n) is 3.13. The number of nitrogens with zero attached hydrogens (tertiary/aromatic N) is 1. The lowest BCUT2D eigenvalue weighted by molar-refractivity contribution is 0.102. The number of amides is 1. The van der Waals surface area contributed by atoms with Crippen LogP contribution in [0.1, 0.15) is 15.5 Å². The van der Waals surface area contributed by atoms with Crippen LogP contribution in [-0.4, -0.2) is 10.9 Å². The zero-order valence-corrected chi connectivity index (χ0v) is 13.4. The molecule has 0 saturated heterocycles. The van der Waals surface area contributed by atoms with Crippen LogP contribution in [0.25, 0.3) is 0 Å². The van der Waals surface area contributed by atoms with Gasteiger partial charge in [-0.1, -0.05) is 0 Å². The second kappa shape index (κ2) is 7.35. The Morgan fingerprint density at radius 1 is 1.08 bits per heavy atom. The molecule has 4 nitrogen and oxygen atoms in total. The molecule has 3 rings (SSSR count). The van der Waals surface area contributed by atoms with Crippen LogP contribution in [0.4, 0.5) is 18.9 Å². The number of hydrogen-bond donors (Lipinski definition) is 1. The van der Waals surface area contributed by atoms with E-state index in [0.717, 1.165) is 12.1 Å². The average Bonchev–Trinajstić information content (AvgIpc) is 3.05. The van der Waals surface area contributed by atoms with Crippen LogP contribution in [0, 0.1) is 17.5 Å². The minimum Gasteiger partial charge on any atom is -0.483 e. The fourth-order valence-corrected chi connectivity index (χ4v) is 2.63. The molecule has 0 aliphatic heterocycles. The molecule has 0 radical (unpaired) electrons. The van der Waals surface area contributed by atoms with Crippen LogP contribution in [0.2, 0.25) is 0 Å². The first-order valence-electron chi connectivity index (χ1n) is 7.10. The molecule has 0 saturated carbocycles. The highest BCUT2D eigenvalue weighted by atomic mass is 32.1. The molecule has 8 heteroatoms. The maximum atomic E-state index is 13.5. The minimum absolute atomic E-state index is 0.0585. The molecule has 0 unspecified atom stereocenters. The highest BCUT2D eigenvalue weighted by Crippen LogP contribution is 2.20. The number of rotatable bonds is 5. The van der Waals surface area contributed by atoms with E-state index in [9.17, 15) is 18.0 Å². The highest BCUT2D eigenvalue weighted by molar-refractivity contribution is 7.09. The van der Waals surface area contributed by atoms with Gasteiger partial charge in [-0.2, -0.15) is 0 Å². The summed E-state index contributed by atoms with van der Waals surface area (Å²) in [6.07, 6.45) is 0. The number of benzene rings is 2. The summed E-state index contributed by atoms with van der Waals surface area (Å²) >= 11 is 1.17. The van der Waals surface area contributed by atoms with Crippen molar-refractivity contribution in [3.8, 4) is 5.75 Å². The molecule has 1 aromatic heterocycles. The third kappa shape index (κ3) is 4.36. The molecule has 2 aromatic carbocycles. The van der Waals surface area contributed by atoms with E-state index in [0.29, 0.717) is 10.7 Å². The Balaban J connectivity index is 1.61. The highest BCUT2D eigenvalue weighted by Gasteiger charge is 2.12. The molecule has 1 heterocycles. The summed E-state index contributed by atoms with van der Waals surface area (Å²) < 4.78 is 44.4. The van der Waals surface area contributed by atoms with Gasteiger partial charge < -0.3 is 10.1 Å². The maximum Gasteiger partial charge on any atom is 0.275 e. The van der Waals surface area contributed by atoms with Gasteiger partial charge in [0.15, 0.2) is 11.6 Å². The lowest BCUT2D eigenvalue weighted by atomic mass is 10.3. The predicted molar refractivity (Wildman–Crippen MR) is 87.2 cm³/mol. The molecule has 0 fully saturated rings. The number of ether oxygens (including phenoxy) is 1. The van der Waals surface area contributed by atoms with Gasteiger partial charge in [0.1, 0.15) is 28.9 Å². The zero-order chi connectivity index (χ0) is 17.8. The standard InChI is InChI=1S/C17H11F3N2O2S/c18-10-1-4-12(5-2-10)21-17(23)14-9-25-16(22-14)8-24-15-6-3-11(19)7-13(15)20/h1-7,9H,8H2,(H,21,23). The van der Waals surface area contributed by atoms with E-state index in [-0.39, 0.29) is 18.1 Å². The van der Waals surface area contributed by atoms with Crippen molar-refractivity contribution >= 4 is 22.9 Å². The number of hydrogen-bond acceptors (Lipinski definition) is 4. The summed E-state index contributed by atoms with van der Waals surface area (Å²) in [5.74, 6) is -2.47. The fourth-order valence-electron chi connectivity index (χ4n) is 1.94. The van der Waals surface area contributed by atoms with E-state index in [1.807, 2.05) is 0 Å². The minimum atomic E-state index is -0.814. The van der Waals surface area contributed by atoms with Crippen molar-refractivity contribution in [1.82, 2.24) is 4.98 Å². The maximum absolute atomic E-state index is 13.5. The molecule has 0 aliphatic carbocycles. The Morgan fingerprint density at radius 2 is 1.80 bits per heavy atom. The van der Waals surface area contributed by atoms with Crippen molar-refractivity contribution in [1.29, 1.82) is 0 Å². The number of anilines is 1. The summed E-state index contributed by atoms with van der Waals surface area (Å²) in [7, 11) is 0. The van der Waals surface area contributed by atoms with E-state index in [1.165, 1.54) is 47.0 Å². The molecular formula is C17H11F3N2O2S. The Morgan fingerprint density at radius 3 is 2.52 bits per heavy atom. The van der Waals surface area contributed by atoms with E-state index in [1.54, 1.807) is 0 Å². The summed E-state index contributed by atoms with van der Waals surface area (Å²) in [5.41, 5.74) is 0.595. The molecule has 3 aromatic rings. The topological polar surface area (TPSA) is 51.2 Å². The number of aromatic nitrogens is 1. The van der Waals surface area contributed by atoms with Gasteiger partial charge >= 0.3 is 0 Å². The molecule has 1 N–H and O–H groups in total. The molecule has 0 aliphatic rings. The number of nitrogens with one attached hydrogen (secondary N) is 1. The van der Waals surface area contributed by atoms with Crippen molar-refractivity contribution in [3.63, 3.8) is 0 Å². The number of carbonyl (C=O) groups excluding carboxylic acids is 1. The van der Waals surface area contributed by atoms with Crippen molar-refractivity contribution < 1.29 is 22.7 Å². The van der Waals surface area contributed by atoms with Gasteiger partial charge in [0.05, 0.1) is 0 Å². The lowest BCUT2D eigenvalue weighted by Gasteiger charge is -2.05. The first kappa shape index (κ1) is 17.0. The summed E-state index contributed by atoms with van der Waals surface area (Å²) in [6.45, 7) is -0.0585. The van der Waals surface area contributed by atoms with Crippen molar-refractivity contribution in [3.05, 3.63) is 76.0 Å². The Kier molecular flexibility index (Phi) is 4.99. The van der Waals surface area contributed by atoms with Crippen LogP contribution in [0.5, 0.6) is 5.75 Å². The molecule has 25 heavy (non-hydrogen) atoms. The average molecular weight is 364 g/mol. The normalized spacial score (nSPS) is 10.5. The number of carbonyl (C=O) groups is 1. The van der Waals surface area contributed by atoms with Crippen LogP contribution in [0.15, 0.2) is 47.8 Å². The Hall–Kier alpha value is -2.87. The van der Waals surface area contributed by atoms with E-state index < -0.39 is 23.4 Å². The largest absolute Gasteiger partial charge is 0.483 e. The lowest BCUT2D eigenvalue weighted by Crippen LogP contribution is -2.12. The Labute approximate surface area is 144 Å². The van der Waals surface area contributed by atoms with Crippen molar-refractivity contribution in [2.75, 3.05) is 5.32 Å². The van der Waals surface area contributed by atoms with E-state index in [4.69, 9.17) is 4.74 Å². The number of thiazole rings is 1. The van der Waals surface area contributed by atoms with Gasteiger partial charge in [0.2, 0.25) is 0 Å². The second-order valence-electron chi connectivity index (χ2n) is 4.95. The van der Waals surface area contributed by atoms with Gasteiger partial charge in [0, 0.05) is 17.1 Å². The molecule has 0 spiro atoms. The van der Waals surface area contributed by atoms with Gasteiger partial charge in [0.25, 0.3) is 5.91 Å². The van der Waals surface area contributed by atoms with Gasteiger partial charge in [-0.15, -0.1) is 11.3 Å². The Bertz CT molecular complexity index is 897. The van der Waals surface area contributed by atoms with E-state index >= 15 is 0 Å². The van der Waals surface area contributed by atoms with Crippen molar-refractivity contribution in [2.24, 2.45) is 0 Å². The molecule has 0 bridgehead atoms. The quantitative estimate of drug-likeness (QED) is 0.730. The predicted octanol–water partition coefficient (Wildman–Crippen LogP) is 4.39. The van der Waals surface area contributed by atoms with Crippen LogP contribution >= 0.6 is 11.3 Å². The monoisotopic (exact) mass is 364 g/mol. The first-order chi connectivity index (χ1) is 12.0. The molecule has 0 atom stereocenters. The zero-order valence-electron chi connectivity index (χ0n) is 12.6. The molecule has 128 valence electrons. The van der Waals surface area contributed by atoms with Crippen molar-refractivity contribution in [2.45, 2.75) is 6.61 Å². The summed E-state index contributed by atoms with van der Waals surface area (Å²) in [4.78, 5) is 16.2. The van der Waals surface area contributed by atoms with Crippen LogP contribution in [-0.2, 0) is 6.61 Å². The SMILES string of the molecule is O=C(Nc1ccc(F)cc1)c1csc(COc2ccc(F)cc2F)n1. The van der Waals surface area contributed by atoms with Gasteiger partial charge in [-0.3, -0.25) is 4.79 Å². The smallest absolute Gasteiger partial charge is 0.275 e. The van der Waals surface area contributed by atoms with Crippen LogP contribution < -0.4 is 10.1 Å². The fraction of sp³-hybridized carbons (Fsp3) is 0.0588. The molecular weight excluding hydrogens is 353 g/mol. The van der Waals surface area contributed by atoms with Gasteiger partial charge in [-0.05, 0) is 36.4 Å². The third-order valence-corrected chi connectivity index (χ3v) is 3.95. The molecule has 1 amide bonds.